The summed E-state index contributed by atoms with van der Waals surface area (Å²) in [5.74, 6) is -0.0692. The van der Waals surface area contributed by atoms with Gasteiger partial charge in [-0.25, -0.2) is 4.79 Å². The molecule has 1 fully saturated rings. The third kappa shape index (κ3) is 3.40. The van der Waals surface area contributed by atoms with Gasteiger partial charge in [0.2, 0.25) is 0 Å². The number of carboxylic acids is 1. The van der Waals surface area contributed by atoms with Gasteiger partial charge in [0.15, 0.2) is 0 Å². The number of hydrogen-bond acceptors (Lipinski definition) is 6. The number of aliphatic carboxylic acids is 1. The number of carboxylic acid groups (broad SMARTS) is 1. The Morgan fingerprint density at radius 2 is 1.87 bits per heavy atom. The number of benzene rings is 2. The van der Waals surface area contributed by atoms with E-state index in [9.17, 15) is 14.7 Å². The summed E-state index contributed by atoms with van der Waals surface area (Å²) in [6.45, 7) is 5.66. The van der Waals surface area contributed by atoms with E-state index in [2.05, 4.69) is 38.4 Å². The third-order valence-electron chi connectivity index (χ3n) is 6.27. The Morgan fingerprint density at radius 3 is 2.61 bits per heavy atom. The standard InChI is InChI=1S/C23H24N4O3S/c1-2-19(23(29)30)27-14-15-13-16(7-8-17(15)22(27)28)25-9-11-26(12-10-25)21-18-5-3-4-6-20(18)31-24-21/h3-8,13,19H,2,9-12,14H2,1H3,(H,29,30). The van der Waals surface area contributed by atoms with Crippen molar-refractivity contribution in [2.75, 3.05) is 36.0 Å². The Labute approximate surface area is 184 Å². The lowest BCUT2D eigenvalue weighted by atomic mass is 10.1. The fourth-order valence-electron chi connectivity index (χ4n) is 4.58. The first-order chi connectivity index (χ1) is 15.1. The number of carbonyl (C=O) groups is 2. The molecule has 1 atom stereocenters. The van der Waals surface area contributed by atoms with Crippen molar-refractivity contribution in [1.82, 2.24) is 9.27 Å². The number of carbonyl (C=O) groups excluding carboxylic acids is 1. The molecule has 0 bridgehead atoms. The van der Waals surface area contributed by atoms with Crippen molar-refractivity contribution in [2.24, 2.45) is 0 Å². The molecule has 3 aromatic rings. The highest BCUT2D eigenvalue weighted by Crippen LogP contribution is 2.32. The zero-order valence-corrected chi connectivity index (χ0v) is 18.1. The van der Waals surface area contributed by atoms with E-state index >= 15 is 0 Å². The first kappa shape index (κ1) is 19.8. The summed E-state index contributed by atoms with van der Waals surface area (Å²) < 4.78 is 5.89. The minimum Gasteiger partial charge on any atom is -0.480 e. The molecule has 0 saturated carbocycles. The van der Waals surface area contributed by atoms with Crippen molar-refractivity contribution in [3.05, 3.63) is 53.6 Å². The van der Waals surface area contributed by atoms with Gasteiger partial charge in [0.25, 0.3) is 5.91 Å². The second-order valence-electron chi connectivity index (χ2n) is 8.01. The quantitative estimate of drug-likeness (QED) is 0.660. The summed E-state index contributed by atoms with van der Waals surface area (Å²) in [4.78, 5) is 30.4. The molecule has 8 heteroatoms. The molecular formula is C23H24N4O3S. The van der Waals surface area contributed by atoms with E-state index in [1.54, 1.807) is 18.5 Å². The van der Waals surface area contributed by atoms with Crippen LogP contribution in [0.1, 0.15) is 29.3 Å². The minimum atomic E-state index is -0.949. The van der Waals surface area contributed by atoms with Crippen LogP contribution in [-0.2, 0) is 11.3 Å². The summed E-state index contributed by atoms with van der Waals surface area (Å²) in [7, 11) is 0. The number of rotatable bonds is 5. The predicted octanol–water partition coefficient (Wildman–Crippen LogP) is 3.44. The molecule has 31 heavy (non-hydrogen) atoms. The molecule has 5 rings (SSSR count). The summed E-state index contributed by atoms with van der Waals surface area (Å²) in [5.41, 5.74) is 2.62. The second-order valence-corrected chi connectivity index (χ2v) is 8.82. The molecule has 7 nitrogen and oxygen atoms in total. The van der Waals surface area contributed by atoms with E-state index in [1.807, 2.05) is 18.2 Å². The third-order valence-corrected chi connectivity index (χ3v) is 7.09. The van der Waals surface area contributed by atoms with Crippen molar-refractivity contribution in [3.8, 4) is 0 Å². The monoisotopic (exact) mass is 436 g/mol. The zero-order chi connectivity index (χ0) is 21.5. The summed E-state index contributed by atoms with van der Waals surface area (Å²) in [6.07, 6.45) is 0.398. The van der Waals surface area contributed by atoms with E-state index in [-0.39, 0.29) is 5.91 Å². The number of piperazine rings is 1. The Balaban J connectivity index is 1.30. The summed E-state index contributed by atoms with van der Waals surface area (Å²) in [5, 5.41) is 10.7. The summed E-state index contributed by atoms with van der Waals surface area (Å²) in [6, 6.07) is 13.4. The van der Waals surface area contributed by atoms with Gasteiger partial charge in [-0.2, -0.15) is 4.37 Å². The number of nitrogens with zero attached hydrogens (tertiary/aromatic N) is 4. The Kier molecular flexibility index (Phi) is 5.02. The lowest BCUT2D eigenvalue weighted by Crippen LogP contribution is -2.46. The molecule has 1 unspecified atom stereocenters. The van der Waals surface area contributed by atoms with Gasteiger partial charge in [-0.15, -0.1) is 0 Å². The van der Waals surface area contributed by atoms with Crippen LogP contribution in [0.15, 0.2) is 42.5 Å². The highest BCUT2D eigenvalue weighted by atomic mass is 32.1. The van der Waals surface area contributed by atoms with Crippen molar-refractivity contribution >= 4 is 45.0 Å². The minimum absolute atomic E-state index is 0.184. The van der Waals surface area contributed by atoms with E-state index in [4.69, 9.17) is 0 Å². The van der Waals surface area contributed by atoms with E-state index < -0.39 is 12.0 Å². The van der Waals surface area contributed by atoms with Crippen LogP contribution in [-0.4, -0.2) is 58.5 Å². The molecule has 0 spiro atoms. The lowest BCUT2D eigenvalue weighted by Gasteiger charge is -2.36. The van der Waals surface area contributed by atoms with Gasteiger partial charge >= 0.3 is 5.97 Å². The highest BCUT2D eigenvalue weighted by Gasteiger charge is 2.35. The van der Waals surface area contributed by atoms with Crippen LogP contribution in [0.3, 0.4) is 0 Å². The van der Waals surface area contributed by atoms with Gasteiger partial charge in [0.1, 0.15) is 11.9 Å². The van der Waals surface area contributed by atoms with Crippen molar-refractivity contribution in [2.45, 2.75) is 25.9 Å². The average Bonchev–Trinajstić information content (AvgIpc) is 3.36. The topological polar surface area (TPSA) is 77.0 Å². The van der Waals surface area contributed by atoms with Gasteiger partial charge < -0.3 is 19.8 Å². The Morgan fingerprint density at radius 1 is 1.13 bits per heavy atom. The van der Waals surface area contributed by atoms with Gasteiger partial charge in [0.05, 0.1) is 4.70 Å². The molecule has 0 radical (unpaired) electrons. The number of amides is 1. The SMILES string of the molecule is CCC(C(=O)O)N1Cc2cc(N3CCN(c4nsc5ccccc45)CC3)ccc2C1=O. The van der Waals surface area contributed by atoms with Crippen LogP contribution in [0.4, 0.5) is 11.5 Å². The number of aromatic nitrogens is 1. The van der Waals surface area contributed by atoms with Gasteiger partial charge in [0, 0.05) is 49.4 Å². The molecule has 0 aliphatic carbocycles. The molecule has 1 saturated heterocycles. The number of anilines is 2. The van der Waals surface area contributed by atoms with Crippen LogP contribution >= 0.6 is 11.5 Å². The van der Waals surface area contributed by atoms with Crippen molar-refractivity contribution in [3.63, 3.8) is 0 Å². The molecular weight excluding hydrogens is 412 g/mol. The average molecular weight is 437 g/mol. The van der Waals surface area contributed by atoms with Gasteiger partial charge in [-0.05, 0) is 53.8 Å². The molecule has 3 heterocycles. The van der Waals surface area contributed by atoms with Gasteiger partial charge in [-0.3, -0.25) is 4.79 Å². The maximum atomic E-state index is 12.7. The molecule has 160 valence electrons. The molecule has 2 aromatic carbocycles. The highest BCUT2D eigenvalue weighted by molar-refractivity contribution is 7.13. The molecule has 1 aromatic heterocycles. The zero-order valence-electron chi connectivity index (χ0n) is 17.3. The maximum Gasteiger partial charge on any atom is 0.326 e. The van der Waals surface area contributed by atoms with Crippen molar-refractivity contribution in [1.29, 1.82) is 0 Å². The van der Waals surface area contributed by atoms with Crippen LogP contribution in [0.2, 0.25) is 0 Å². The molecule has 1 N–H and O–H groups in total. The first-order valence-corrected chi connectivity index (χ1v) is 11.3. The smallest absolute Gasteiger partial charge is 0.326 e. The second kappa shape index (κ2) is 7.85. The number of hydrogen-bond donors (Lipinski definition) is 1. The van der Waals surface area contributed by atoms with Crippen LogP contribution < -0.4 is 9.80 Å². The van der Waals surface area contributed by atoms with Crippen molar-refractivity contribution < 1.29 is 14.7 Å². The van der Waals surface area contributed by atoms with E-state index in [0.717, 1.165) is 43.2 Å². The lowest BCUT2D eigenvalue weighted by molar-refractivity contribution is -0.142. The molecule has 2 aliphatic rings. The maximum absolute atomic E-state index is 12.7. The number of fused-ring (bicyclic) bond motifs is 2. The predicted molar refractivity (Wildman–Crippen MR) is 122 cm³/mol. The van der Waals surface area contributed by atoms with Crippen LogP contribution in [0.25, 0.3) is 10.1 Å². The van der Waals surface area contributed by atoms with Gasteiger partial charge in [-0.1, -0.05) is 19.1 Å². The van der Waals surface area contributed by atoms with Crippen LogP contribution in [0, 0.1) is 0 Å². The van der Waals surface area contributed by atoms with E-state index in [0.29, 0.717) is 18.5 Å². The largest absolute Gasteiger partial charge is 0.480 e. The van der Waals surface area contributed by atoms with Crippen LogP contribution in [0.5, 0.6) is 0 Å². The Bertz CT molecular complexity index is 1150. The normalized spacial score (nSPS) is 17.3. The fraction of sp³-hybridized carbons (Fsp3) is 0.348. The first-order valence-electron chi connectivity index (χ1n) is 10.6. The Hall–Kier alpha value is -3.13. The van der Waals surface area contributed by atoms with E-state index in [1.165, 1.54) is 15.0 Å². The fourth-order valence-corrected chi connectivity index (χ4v) is 5.38. The summed E-state index contributed by atoms with van der Waals surface area (Å²) >= 11 is 1.54. The molecule has 1 amide bonds. The molecule has 2 aliphatic heterocycles.